The Labute approximate surface area is 189 Å². The number of aromatic nitrogens is 1. The van der Waals surface area contributed by atoms with Gasteiger partial charge in [0.25, 0.3) is 5.91 Å². The molecule has 5 rings (SSSR count). The Hall–Kier alpha value is -3.58. The van der Waals surface area contributed by atoms with Crippen molar-refractivity contribution in [3.63, 3.8) is 0 Å². The van der Waals surface area contributed by atoms with Crippen LogP contribution in [0.5, 0.6) is 5.75 Å². The molecular weight excluding hydrogens is 422 g/mol. The Balaban J connectivity index is 1.36. The summed E-state index contributed by atoms with van der Waals surface area (Å²) in [6.45, 7) is 0. The van der Waals surface area contributed by atoms with E-state index in [9.17, 15) is 4.79 Å². The number of hydrogen-bond acceptors (Lipinski definition) is 6. The maximum absolute atomic E-state index is 13.2. The number of methoxy groups -OCH3 is 1. The van der Waals surface area contributed by atoms with Gasteiger partial charge in [-0.25, -0.2) is 9.99 Å². The first-order valence-electron chi connectivity index (χ1n) is 10.3. The summed E-state index contributed by atoms with van der Waals surface area (Å²) in [7, 11) is 1.64. The van der Waals surface area contributed by atoms with Gasteiger partial charge < -0.3 is 9.15 Å². The van der Waals surface area contributed by atoms with E-state index in [1.54, 1.807) is 18.4 Å². The summed E-state index contributed by atoms with van der Waals surface area (Å²) in [6, 6.07) is 23.1. The molecule has 0 unspecified atom stereocenters. The number of nitrogens with zero attached hydrogens (tertiary/aromatic N) is 3. The topological polar surface area (TPSA) is 67.9 Å². The third-order valence-corrected chi connectivity index (χ3v) is 6.29. The SMILES string of the molecule is COc1ccc(C2=NN(C(=O)CSc3ccc4ccccc4n3)[C@@H](c3ccco3)C2)cc1. The summed E-state index contributed by atoms with van der Waals surface area (Å²) in [5.41, 5.74) is 2.72. The van der Waals surface area contributed by atoms with Gasteiger partial charge in [0.2, 0.25) is 0 Å². The number of para-hydroxylation sites is 1. The molecule has 0 aliphatic carbocycles. The van der Waals surface area contributed by atoms with Gasteiger partial charge in [0.15, 0.2) is 0 Å². The summed E-state index contributed by atoms with van der Waals surface area (Å²) < 4.78 is 10.9. The number of hydrogen-bond donors (Lipinski definition) is 0. The fourth-order valence-corrected chi connectivity index (χ4v) is 4.46. The van der Waals surface area contributed by atoms with Gasteiger partial charge in [-0.3, -0.25) is 4.79 Å². The maximum atomic E-state index is 13.2. The minimum absolute atomic E-state index is 0.0881. The van der Waals surface area contributed by atoms with Crippen LogP contribution in [0.4, 0.5) is 0 Å². The Morgan fingerprint density at radius 1 is 1.09 bits per heavy atom. The van der Waals surface area contributed by atoms with E-state index in [0.29, 0.717) is 6.42 Å². The van der Waals surface area contributed by atoms with Gasteiger partial charge in [0.05, 0.1) is 35.4 Å². The Morgan fingerprint density at radius 3 is 2.72 bits per heavy atom. The lowest BCUT2D eigenvalue weighted by atomic mass is 10.0. The smallest absolute Gasteiger partial charge is 0.253 e. The molecule has 0 bridgehead atoms. The van der Waals surface area contributed by atoms with Gasteiger partial charge in [-0.15, -0.1) is 0 Å². The number of thioether (sulfide) groups is 1. The van der Waals surface area contributed by atoms with E-state index in [-0.39, 0.29) is 17.7 Å². The molecule has 0 saturated heterocycles. The van der Waals surface area contributed by atoms with Crippen LogP contribution in [0.15, 0.2) is 93.6 Å². The molecule has 4 aromatic rings. The molecule has 160 valence electrons. The quantitative estimate of drug-likeness (QED) is 0.378. The van der Waals surface area contributed by atoms with E-state index < -0.39 is 0 Å². The number of hydrazone groups is 1. The van der Waals surface area contributed by atoms with Crippen molar-refractivity contribution in [2.75, 3.05) is 12.9 Å². The van der Waals surface area contributed by atoms with E-state index in [2.05, 4.69) is 10.1 Å². The van der Waals surface area contributed by atoms with Gasteiger partial charge >= 0.3 is 0 Å². The summed E-state index contributed by atoms with van der Waals surface area (Å²) >= 11 is 1.41. The van der Waals surface area contributed by atoms with Crippen LogP contribution in [-0.2, 0) is 4.79 Å². The first-order valence-corrected chi connectivity index (χ1v) is 11.3. The fraction of sp³-hybridized carbons (Fsp3) is 0.160. The average molecular weight is 444 g/mol. The van der Waals surface area contributed by atoms with Gasteiger partial charge in [0, 0.05) is 11.8 Å². The Kier molecular flexibility index (Phi) is 5.64. The zero-order valence-electron chi connectivity index (χ0n) is 17.5. The second-order valence-corrected chi connectivity index (χ2v) is 8.38. The molecule has 1 amide bonds. The molecule has 0 radical (unpaired) electrons. The summed E-state index contributed by atoms with van der Waals surface area (Å²) in [6.07, 6.45) is 2.21. The number of furan rings is 1. The molecule has 6 nitrogen and oxygen atoms in total. The molecule has 2 aromatic carbocycles. The summed E-state index contributed by atoms with van der Waals surface area (Å²) in [5, 5.41) is 8.12. The monoisotopic (exact) mass is 443 g/mol. The third kappa shape index (κ3) is 4.11. The van der Waals surface area contributed by atoms with Crippen LogP contribution < -0.4 is 4.74 Å². The molecule has 0 N–H and O–H groups in total. The van der Waals surface area contributed by atoms with Gasteiger partial charge in [-0.2, -0.15) is 5.10 Å². The molecule has 2 aromatic heterocycles. The second kappa shape index (κ2) is 8.88. The van der Waals surface area contributed by atoms with Gasteiger partial charge in [-0.1, -0.05) is 36.0 Å². The van der Waals surface area contributed by atoms with Crippen LogP contribution >= 0.6 is 11.8 Å². The highest BCUT2D eigenvalue weighted by atomic mass is 32.2. The van der Waals surface area contributed by atoms with Crippen LogP contribution in [0, 0.1) is 0 Å². The lowest BCUT2D eigenvalue weighted by molar-refractivity contribution is -0.130. The highest BCUT2D eigenvalue weighted by Gasteiger charge is 2.34. The minimum atomic E-state index is -0.264. The molecule has 1 aliphatic rings. The summed E-state index contributed by atoms with van der Waals surface area (Å²) in [5.74, 6) is 1.65. The van der Waals surface area contributed by atoms with Crippen LogP contribution in [0.25, 0.3) is 10.9 Å². The molecule has 0 spiro atoms. The molecule has 7 heteroatoms. The van der Waals surface area contributed by atoms with Crippen molar-refractivity contribution < 1.29 is 13.9 Å². The Bertz CT molecular complexity index is 1270. The van der Waals surface area contributed by atoms with E-state index in [0.717, 1.165) is 38.7 Å². The number of ether oxygens (including phenoxy) is 1. The highest BCUT2D eigenvalue weighted by Crippen LogP contribution is 2.34. The average Bonchev–Trinajstić information content (AvgIpc) is 3.53. The first-order chi connectivity index (χ1) is 15.7. The molecule has 1 atom stereocenters. The largest absolute Gasteiger partial charge is 0.497 e. The normalized spacial score (nSPS) is 15.7. The standard InChI is InChI=1S/C25H21N3O3S/c1-30-19-11-8-18(9-12-19)21-15-22(23-7-4-14-31-23)28(27-21)25(29)16-32-24-13-10-17-5-2-3-6-20(17)26-24/h2-14,22H,15-16H2,1H3/t22-/m1/s1. The Morgan fingerprint density at radius 2 is 1.94 bits per heavy atom. The highest BCUT2D eigenvalue weighted by molar-refractivity contribution is 7.99. The molecule has 1 aliphatic heterocycles. The van der Waals surface area contributed by atoms with Crippen LogP contribution in [0.3, 0.4) is 0 Å². The zero-order chi connectivity index (χ0) is 21.9. The van der Waals surface area contributed by atoms with E-state index >= 15 is 0 Å². The lowest BCUT2D eigenvalue weighted by Crippen LogP contribution is -2.28. The number of amides is 1. The van der Waals surface area contributed by atoms with Crippen LogP contribution in [0.1, 0.15) is 23.8 Å². The van der Waals surface area contributed by atoms with Crippen molar-refractivity contribution in [1.29, 1.82) is 0 Å². The van der Waals surface area contributed by atoms with E-state index in [1.807, 2.05) is 72.8 Å². The van der Waals surface area contributed by atoms with Crippen molar-refractivity contribution >= 4 is 34.3 Å². The van der Waals surface area contributed by atoms with Crippen LogP contribution in [0.2, 0.25) is 0 Å². The number of fused-ring (bicyclic) bond motifs is 1. The molecule has 0 fully saturated rings. The zero-order valence-corrected chi connectivity index (χ0v) is 18.3. The minimum Gasteiger partial charge on any atom is -0.497 e. The number of carbonyl (C=O) groups excluding carboxylic acids is 1. The molecule has 32 heavy (non-hydrogen) atoms. The van der Waals surface area contributed by atoms with E-state index in [1.165, 1.54) is 11.8 Å². The molecule has 0 saturated carbocycles. The fourth-order valence-electron chi connectivity index (χ4n) is 3.73. The first kappa shape index (κ1) is 20.3. The second-order valence-electron chi connectivity index (χ2n) is 7.38. The van der Waals surface area contributed by atoms with Gasteiger partial charge in [-0.05, 0) is 54.1 Å². The molecule has 3 heterocycles. The van der Waals surface area contributed by atoms with Crippen molar-refractivity contribution in [2.45, 2.75) is 17.5 Å². The van der Waals surface area contributed by atoms with Crippen molar-refractivity contribution in [2.24, 2.45) is 5.10 Å². The van der Waals surface area contributed by atoms with Crippen molar-refractivity contribution in [1.82, 2.24) is 9.99 Å². The molecular formula is C25H21N3O3S. The van der Waals surface area contributed by atoms with Crippen LogP contribution in [-0.4, -0.2) is 34.5 Å². The van der Waals surface area contributed by atoms with Crippen molar-refractivity contribution in [3.05, 3.63) is 90.4 Å². The lowest BCUT2D eigenvalue weighted by Gasteiger charge is -2.19. The maximum Gasteiger partial charge on any atom is 0.253 e. The summed E-state index contributed by atoms with van der Waals surface area (Å²) in [4.78, 5) is 17.8. The number of pyridine rings is 1. The number of rotatable bonds is 6. The van der Waals surface area contributed by atoms with E-state index in [4.69, 9.17) is 9.15 Å². The predicted molar refractivity (Wildman–Crippen MR) is 125 cm³/mol. The predicted octanol–water partition coefficient (Wildman–Crippen LogP) is 5.31. The number of carbonyl (C=O) groups is 1. The van der Waals surface area contributed by atoms with Crippen molar-refractivity contribution in [3.8, 4) is 5.75 Å². The third-order valence-electron chi connectivity index (χ3n) is 5.38. The number of benzene rings is 2. The van der Waals surface area contributed by atoms with Gasteiger partial charge in [0.1, 0.15) is 17.6 Å².